The number of hydrogen-bond acceptors (Lipinski definition) is 3. The SMILES string of the molecule is CO[C@H]([C@@H](C)CCO)[C@@H](C)COCc1ccccc1. The molecule has 0 aromatic heterocycles. The van der Waals surface area contributed by atoms with E-state index in [9.17, 15) is 0 Å². The summed E-state index contributed by atoms with van der Waals surface area (Å²) in [4.78, 5) is 0. The summed E-state index contributed by atoms with van der Waals surface area (Å²) in [6.45, 7) is 5.75. The van der Waals surface area contributed by atoms with E-state index in [1.54, 1.807) is 7.11 Å². The van der Waals surface area contributed by atoms with Crippen LogP contribution >= 0.6 is 0 Å². The van der Waals surface area contributed by atoms with Gasteiger partial charge in [0.2, 0.25) is 0 Å². The van der Waals surface area contributed by atoms with Gasteiger partial charge in [-0.1, -0.05) is 44.2 Å². The van der Waals surface area contributed by atoms with Crippen LogP contribution in [0.25, 0.3) is 0 Å². The van der Waals surface area contributed by atoms with Gasteiger partial charge in [-0.25, -0.2) is 0 Å². The van der Waals surface area contributed by atoms with Crippen LogP contribution < -0.4 is 0 Å². The molecule has 19 heavy (non-hydrogen) atoms. The molecule has 0 aliphatic rings. The summed E-state index contributed by atoms with van der Waals surface area (Å²) in [5.41, 5.74) is 1.19. The molecule has 0 spiro atoms. The summed E-state index contributed by atoms with van der Waals surface area (Å²) < 4.78 is 11.3. The van der Waals surface area contributed by atoms with E-state index in [0.29, 0.717) is 25.0 Å². The van der Waals surface area contributed by atoms with Crippen LogP contribution in [0.5, 0.6) is 0 Å². The quantitative estimate of drug-likeness (QED) is 0.747. The zero-order valence-corrected chi connectivity index (χ0v) is 12.2. The van der Waals surface area contributed by atoms with Crippen molar-refractivity contribution < 1.29 is 14.6 Å². The monoisotopic (exact) mass is 266 g/mol. The van der Waals surface area contributed by atoms with E-state index in [1.165, 1.54) is 5.56 Å². The molecule has 0 amide bonds. The molecule has 0 aliphatic carbocycles. The van der Waals surface area contributed by atoms with Gasteiger partial charge in [0.1, 0.15) is 0 Å². The lowest BCUT2D eigenvalue weighted by Gasteiger charge is -2.28. The molecular formula is C16H26O3. The zero-order chi connectivity index (χ0) is 14.1. The highest BCUT2D eigenvalue weighted by molar-refractivity contribution is 5.13. The normalized spacial score (nSPS) is 16.0. The first-order valence-electron chi connectivity index (χ1n) is 6.94. The van der Waals surface area contributed by atoms with E-state index >= 15 is 0 Å². The molecule has 0 heterocycles. The summed E-state index contributed by atoms with van der Waals surface area (Å²) >= 11 is 0. The second-order valence-corrected chi connectivity index (χ2v) is 5.17. The van der Waals surface area contributed by atoms with Crippen LogP contribution in [-0.4, -0.2) is 31.5 Å². The van der Waals surface area contributed by atoms with Gasteiger partial charge >= 0.3 is 0 Å². The van der Waals surface area contributed by atoms with Crippen molar-refractivity contribution in [3.8, 4) is 0 Å². The topological polar surface area (TPSA) is 38.7 Å². The molecular weight excluding hydrogens is 240 g/mol. The van der Waals surface area contributed by atoms with Crippen LogP contribution in [0.1, 0.15) is 25.8 Å². The Kier molecular flexibility index (Phi) is 7.72. The number of rotatable bonds is 9. The first-order valence-corrected chi connectivity index (χ1v) is 6.94. The van der Waals surface area contributed by atoms with E-state index in [1.807, 2.05) is 18.2 Å². The minimum Gasteiger partial charge on any atom is -0.396 e. The fourth-order valence-corrected chi connectivity index (χ4v) is 2.43. The Hall–Kier alpha value is -0.900. The van der Waals surface area contributed by atoms with Crippen LogP contribution in [-0.2, 0) is 16.1 Å². The van der Waals surface area contributed by atoms with Crippen molar-refractivity contribution in [2.24, 2.45) is 11.8 Å². The number of hydrogen-bond donors (Lipinski definition) is 1. The van der Waals surface area contributed by atoms with Crippen LogP contribution in [0.15, 0.2) is 30.3 Å². The van der Waals surface area contributed by atoms with Crippen molar-refractivity contribution in [1.29, 1.82) is 0 Å². The zero-order valence-electron chi connectivity index (χ0n) is 12.2. The van der Waals surface area contributed by atoms with Crippen LogP contribution in [0.3, 0.4) is 0 Å². The van der Waals surface area contributed by atoms with Crippen molar-refractivity contribution in [2.45, 2.75) is 33.0 Å². The maximum atomic E-state index is 9.00. The van der Waals surface area contributed by atoms with E-state index in [2.05, 4.69) is 26.0 Å². The minimum absolute atomic E-state index is 0.128. The van der Waals surface area contributed by atoms with Gasteiger partial charge in [-0.15, -0.1) is 0 Å². The number of aliphatic hydroxyl groups is 1. The third kappa shape index (κ3) is 5.72. The number of methoxy groups -OCH3 is 1. The van der Waals surface area contributed by atoms with Gasteiger partial charge in [-0.3, -0.25) is 0 Å². The van der Waals surface area contributed by atoms with Gasteiger partial charge in [-0.05, 0) is 17.9 Å². The lowest BCUT2D eigenvalue weighted by molar-refractivity contribution is -0.0275. The molecule has 3 atom stereocenters. The average molecular weight is 266 g/mol. The lowest BCUT2D eigenvalue weighted by atomic mass is 9.91. The smallest absolute Gasteiger partial charge is 0.0717 e. The predicted octanol–water partition coefficient (Wildman–Crippen LogP) is 2.87. The molecule has 0 fully saturated rings. The predicted molar refractivity (Wildman–Crippen MR) is 76.9 cm³/mol. The molecule has 3 nitrogen and oxygen atoms in total. The van der Waals surface area contributed by atoms with Crippen molar-refractivity contribution in [1.82, 2.24) is 0 Å². The minimum atomic E-state index is 0.128. The molecule has 0 bridgehead atoms. The summed E-state index contributed by atoms with van der Waals surface area (Å²) in [7, 11) is 1.73. The van der Waals surface area contributed by atoms with Crippen molar-refractivity contribution in [3.05, 3.63) is 35.9 Å². The third-order valence-corrected chi connectivity index (χ3v) is 3.47. The molecule has 3 heteroatoms. The molecule has 0 aliphatic heterocycles. The van der Waals surface area contributed by atoms with E-state index in [4.69, 9.17) is 14.6 Å². The fourth-order valence-electron chi connectivity index (χ4n) is 2.43. The summed E-state index contributed by atoms with van der Waals surface area (Å²) in [6, 6.07) is 10.2. The Morgan fingerprint density at radius 1 is 1.11 bits per heavy atom. The summed E-state index contributed by atoms with van der Waals surface area (Å²) in [6.07, 6.45) is 0.893. The van der Waals surface area contributed by atoms with Gasteiger partial charge < -0.3 is 14.6 Å². The molecule has 0 unspecified atom stereocenters. The Morgan fingerprint density at radius 3 is 2.37 bits per heavy atom. The van der Waals surface area contributed by atoms with E-state index in [-0.39, 0.29) is 12.7 Å². The number of ether oxygens (including phenoxy) is 2. The highest BCUT2D eigenvalue weighted by Gasteiger charge is 2.23. The second kappa shape index (κ2) is 9.08. The molecule has 1 rings (SSSR count). The first-order chi connectivity index (χ1) is 9.19. The van der Waals surface area contributed by atoms with Crippen LogP contribution in [0, 0.1) is 11.8 Å². The standard InChI is InChI=1S/C16H26O3/c1-13(9-10-17)16(18-3)14(2)11-19-12-15-7-5-4-6-8-15/h4-8,13-14,16-17H,9-12H2,1-3H3/t13-,14-,16+/m0/s1. The van der Waals surface area contributed by atoms with Gasteiger partial charge in [0.25, 0.3) is 0 Å². The van der Waals surface area contributed by atoms with Gasteiger partial charge in [0.05, 0.1) is 19.3 Å². The molecule has 1 aromatic carbocycles. The molecule has 0 radical (unpaired) electrons. The van der Waals surface area contributed by atoms with Gasteiger partial charge in [-0.2, -0.15) is 0 Å². The molecule has 1 aromatic rings. The van der Waals surface area contributed by atoms with Crippen molar-refractivity contribution in [3.63, 3.8) is 0 Å². The number of aliphatic hydroxyl groups excluding tert-OH is 1. The molecule has 0 saturated heterocycles. The maximum Gasteiger partial charge on any atom is 0.0717 e. The third-order valence-electron chi connectivity index (χ3n) is 3.47. The highest BCUT2D eigenvalue weighted by Crippen LogP contribution is 2.20. The molecule has 108 valence electrons. The van der Waals surface area contributed by atoms with Gasteiger partial charge in [0, 0.05) is 19.6 Å². The Morgan fingerprint density at radius 2 is 1.79 bits per heavy atom. The molecule has 1 N–H and O–H groups in total. The van der Waals surface area contributed by atoms with Crippen molar-refractivity contribution >= 4 is 0 Å². The first kappa shape index (κ1) is 16.2. The largest absolute Gasteiger partial charge is 0.396 e. The molecule has 0 saturated carbocycles. The van der Waals surface area contributed by atoms with E-state index in [0.717, 1.165) is 6.42 Å². The Bertz CT molecular complexity index is 326. The van der Waals surface area contributed by atoms with Gasteiger partial charge in [0.15, 0.2) is 0 Å². The number of benzene rings is 1. The van der Waals surface area contributed by atoms with E-state index < -0.39 is 0 Å². The summed E-state index contributed by atoms with van der Waals surface area (Å²) in [5.74, 6) is 0.653. The lowest BCUT2D eigenvalue weighted by Crippen LogP contribution is -2.31. The van der Waals surface area contributed by atoms with Crippen LogP contribution in [0.2, 0.25) is 0 Å². The fraction of sp³-hybridized carbons (Fsp3) is 0.625. The van der Waals surface area contributed by atoms with Crippen LogP contribution in [0.4, 0.5) is 0 Å². The highest BCUT2D eigenvalue weighted by atomic mass is 16.5. The van der Waals surface area contributed by atoms with Crippen molar-refractivity contribution in [2.75, 3.05) is 20.3 Å². The Balaban J connectivity index is 2.34. The average Bonchev–Trinajstić information content (AvgIpc) is 2.41. The maximum absolute atomic E-state index is 9.00. The Labute approximate surface area is 116 Å². The summed E-state index contributed by atoms with van der Waals surface area (Å²) in [5, 5.41) is 9.00. The second-order valence-electron chi connectivity index (χ2n) is 5.17.